The topological polar surface area (TPSA) is 58.4 Å². The van der Waals surface area contributed by atoms with Gasteiger partial charge in [0.2, 0.25) is 0 Å². The predicted molar refractivity (Wildman–Crippen MR) is 73.5 cm³/mol. The highest BCUT2D eigenvalue weighted by atomic mass is 16.1. The van der Waals surface area contributed by atoms with Gasteiger partial charge in [-0.1, -0.05) is 6.42 Å². The summed E-state index contributed by atoms with van der Waals surface area (Å²) < 4.78 is 0. The Balaban J connectivity index is 1.72. The molecule has 1 amide bonds. The van der Waals surface area contributed by atoms with Crippen LogP contribution in [0, 0.1) is 0 Å². The zero-order valence-corrected chi connectivity index (χ0v) is 10.7. The molecule has 4 nitrogen and oxygen atoms in total. The van der Waals surface area contributed by atoms with Crippen LogP contribution in [0.5, 0.6) is 0 Å². The molecule has 1 aromatic carbocycles. The second-order valence-electron chi connectivity index (χ2n) is 4.78. The van der Waals surface area contributed by atoms with E-state index in [-0.39, 0.29) is 5.91 Å². The highest BCUT2D eigenvalue weighted by molar-refractivity contribution is 5.94. The first-order valence-electron chi connectivity index (χ1n) is 6.62. The Morgan fingerprint density at radius 3 is 2.50 bits per heavy atom. The quantitative estimate of drug-likeness (QED) is 0.792. The first kappa shape index (κ1) is 12.9. The average Bonchev–Trinajstić information content (AvgIpc) is 2.40. The molecule has 0 unspecified atom stereocenters. The van der Waals surface area contributed by atoms with E-state index in [1.165, 1.54) is 19.3 Å². The number of piperidine rings is 1. The fraction of sp³-hybridized carbons (Fsp3) is 0.500. The summed E-state index contributed by atoms with van der Waals surface area (Å²) in [6.07, 6.45) is 3.91. The van der Waals surface area contributed by atoms with E-state index in [2.05, 4.69) is 10.2 Å². The van der Waals surface area contributed by atoms with Crippen LogP contribution in [0.1, 0.15) is 29.6 Å². The molecule has 4 heteroatoms. The van der Waals surface area contributed by atoms with Crippen molar-refractivity contribution in [3.05, 3.63) is 29.8 Å². The van der Waals surface area contributed by atoms with Crippen LogP contribution in [0.2, 0.25) is 0 Å². The maximum atomic E-state index is 11.8. The number of likely N-dealkylation sites (tertiary alicyclic amines) is 1. The molecule has 2 rings (SSSR count). The minimum atomic E-state index is -0.0213. The molecule has 0 atom stereocenters. The molecule has 98 valence electrons. The molecule has 0 aliphatic carbocycles. The Hall–Kier alpha value is -1.55. The van der Waals surface area contributed by atoms with Crippen molar-refractivity contribution in [2.24, 2.45) is 0 Å². The molecule has 1 aliphatic rings. The number of carbonyl (C=O) groups excluding carboxylic acids is 1. The molecule has 0 radical (unpaired) electrons. The van der Waals surface area contributed by atoms with Gasteiger partial charge in [0.1, 0.15) is 0 Å². The Morgan fingerprint density at radius 2 is 1.83 bits per heavy atom. The number of anilines is 1. The summed E-state index contributed by atoms with van der Waals surface area (Å²) >= 11 is 0. The first-order valence-corrected chi connectivity index (χ1v) is 6.62. The van der Waals surface area contributed by atoms with E-state index >= 15 is 0 Å². The van der Waals surface area contributed by atoms with Crippen LogP contribution >= 0.6 is 0 Å². The lowest BCUT2D eigenvalue weighted by Crippen LogP contribution is -2.37. The van der Waals surface area contributed by atoms with Gasteiger partial charge in [-0.3, -0.25) is 4.79 Å². The standard InChI is InChI=1S/C14H21N3O/c15-13-6-4-12(5-7-13)14(18)16-8-11-17-9-2-1-3-10-17/h4-7H,1-3,8-11,15H2,(H,16,18). The van der Waals surface area contributed by atoms with Gasteiger partial charge in [-0.25, -0.2) is 0 Å². The van der Waals surface area contributed by atoms with Crippen molar-refractivity contribution < 1.29 is 4.79 Å². The van der Waals surface area contributed by atoms with E-state index < -0.39 is 0 Å². The Morgan fingerprint density at radius 1 is 1.17 bits per heavy atom. The van der Waals surface area contributed by atoms with Gasteiger partial charge in [0.15, 0.2) is 0 Å². The Kier molecular flexibility index (Phi) is 4.59. The number of nitrogen functional groups attached to an aromatic ring is 1. The van der Waals surface area contributed by atoms with Gasteiger partial charge >= 0.3 is 0 Å². The van der Waals surface area contributed by atoms with E-state index in [9.17, 15) is 4.79 Å². The van der Waals surface area contributed by atoms with Gasteiger partial charge in [-0.15, -0.1) is 0 Å². The number of nitrogens with one attached hydrogen (secondary N) is 1. The number of rotatable bonds is 4. The van der Waals surface area contributed by atoms with Gasteiger partial charge in [-0.2, -0.15) is 0 Å². The molecular weight excluding hydrogens is 226 g/mol. The van der Waals surface area contributed by atoms with Gasteiger partial charge in [0.25, 0.3) is 5.91 Å². The third-order valence-corrected chi connectivity index (χ3v) is 3.34. The lowest BCUT2D eigenvalue weighted by atomic mass is 10.1. The van der Waals surface area contributed by atoms with Crippen LogP contribution in [-0.4, -0.2) is 37.0 Å². The molecule has 0 spiro atoms. The summed E-state index contributed by atoms with van der Waals surface area (Å²) in [5.74, 6) is -0.0213. The largest absolute Gasteiger partial charge is 0.399 e. The first-order chi connectivity index (χ1) is 8.75. The third-order valence-electron chi connectivity index (χ3n) is 3.34. The minimum Gasteiger partial charge on any atom is -0.399 e. The molecule has 3 N–H and O–H groups in total. The second-order valence-corrected chi connectivity index (χ2v) is 4.78. The van der Waals surface area contributed by atoms with Crippen molar-refractivity contribution in [2.45, 2.75) is 19.3 Å². The van der Waals surface area contributed by atoms with Crippen molar-refractivity contribution in [3.63, 3.8) is 0 Å². The summed E-state index contributed by atoms with van der Waals surface area (Å²) in [6, 6.07) is 7.01. The SMILES string of the molecule is Nc1ccc(C(=O)NCCN2CCCCC2)cc1. The lowest BCUT2D eigenvalue weighted by molar-refractivity contribution is 0.0946. The van der Waals surface area contributed by atoms with Crippen molar-refractivity contribution >= 4 is 11.6 Å². The van der Waals surface area contributed by atoms with Crippen LogP contribution in [0.3, 0.4) is 0 Å². The fourth-order valence-electron chi connectivity index (χ4n) is 2.25. The highest BCUT2D eigenvalue weighted by Crippen LogP contribution is 2.08. The van der Waals surface area contributed by atoms with Crippen molar-refractivity contribution in [1.82, 2.24) is 10.2 Å². The monoisotopic (exact) mass is 247 g/mol. The van der Waals surface area contributed by atoms with E-state index in [1.807, 2.05) is 0 Å². The predicted octanol–water partition coefficient (Wildman–Crippen LogP) is 1.48. The van der Waals surface area contributed by atoms with E-state index in [0.29, 0.717) is 17.8 Å². The number of carbonyl (C=O) groups is 1. The maximum absolute atomic E-state index is 11.8. The van der Waals surface area contributed by atoms with Gasteiger partial charge < -0.3 is 16.0 Å². The molecule has 18 heavy (non-hydrogen) atoms. The Bertz CT molecular complexity index is 383. The molecule has 1 saturated heterocycles. The van der Waals surface area contributed by atoms with Crippen LogP contribution < -0.4 is 11.1 Å². The van der Waals surface area contributed by atoms with Crippen LogP contribution in [0.15, 0.2) is 24.3 Å². The molecule has 0 saturated carbocycles. The highest BCUT2D eigenvalue weighted by Gasteiger charge is 2.10. The van der Waals surface area contributed by atoms with Crippen molar-refractivity contribution in [2.75, 3.05) is 31.9 Å². The normalized spacial score (nSPS) is 16.4. The zero-order chi connectivity index (χ0) is 12.8. The summed E-state index contributed by atoms with van der Waals surface area (Å²) in [5, 5.41) is 2.94. The van der Waals surface area contributed by atoms with Crippen molar-refractivity contribution in [3.8, 4) is 0 Å². The summed E-state index contributed by atoms with van der Waals surface area (Å²) in [7, 11) is 0. The average molecular weight is 247 g/mol. The number of nitrogens with two attached hydrogens (primary N) is 1. The second kappa shape index (κ2) is 6.40. The summed E-state index contributed by atoms with van der Waals surface area (Å²) in [5.41, 5.74) is 6.94. The van der Waals surface area contributed by atoms with Crippen molar-refractivity contribution in [1.29, 1.82) is 0 Å². The van der Waals surface area contributed by atoms with Crippen LogP contribution in [0.25, 0.3) is 0 Å². The lowest BCUT2D eigenvalue weighted by Gasteiger charge is -2.26. The van der Waals surface area contributed by atoms with E-state index in [4.69, 9.17) is 5.73 Å². The third kappa shape index (κ3) is 3.74. The van der Waals surface area contributed by atoms with Gasteiger partial charge in [-0.05, 0) is 50.2 Å². The van der Waals surface area contributed by atoms with Crippen LogP contribution in [-0.2, 0) is 0 Å². The molecule has 0 aromatic heterocycles. The van der Waals surface area contributed by atoms with E-state index in [0.717, 1.165) is 19.6 Å². The van der Waals surface area contributed by atoms with Gasteiger partial charge in [0.05, 0.1) is 0 Å². The number of amides is 1. The number of benzene rings is 1. The molecule has 1 aromatic rings. The molecule has 1 heterocycles. The van der Waals surface area contributed by atoms with Crippen LogP contribution in [0.4, 0.5) is 5.69 Å². The number of hydrogen-bond donors (Lipinski definition) is 2. The number of hydrogen-bond acceptors (Lipinski definition) is 3. The summed E-state index contributed by atoms with van der Waals surface area (Å²) in [4.78, 5) is 14.2. The van der Waals surface area contributed by atoms with E-state index in [1.54, 1.807) is 24.3 Å². The fourth-order valence-corrected chi connectivity index (χ4v) is 2.25. The molecule has 1 fully saturated rings. The summed E-state index contributed by atoms with van der Waals surface area (Å²) in [6.45, 7) is 3.99. The smallest absolute Gasteiger partial charge is 0.251 e. The molecular formula is C14H21N3O. The number of nitrogens with zero attached hydrogens (tertiary/aromatic N) is 1. The van der Waals surface area contributed by atoms with Gasteiger partial charge in [0, 0.05) is 24.3 Å². The molecule has 1 aliphatic heterocycles. The Labute approximate surface area is 108 Å². The maximum Gasteiger partial charge on any atom is 0.251 e. The molecule has 0 bridgehead atoms. The minimum absolute atomic E-state index is 0.0213. The zero-order valence-electron chi connectivity index (χ0n) is 10.7.